The third-order valence-electron chi connectivity index (χ3n) is 3.18. The molecule has 0 aliphatic carbocycles. The summed E-state index contributed by atoms with van der Waals surface area (Å²) >= 11 is 0. The number of carboxylic acids is 1. The summed E-state index contributed by atoms with van der Waals surface area (Å²) in [4.78, 5) is 10.8. The molecule has 3 heteroatoms. The third kappa shape index (κ3) is 2.83. The Bertz CT molecular complexity index is 342. The molecular formula is C13H17NO2. The predicted molar refractivity (Wildman–Crippen MR) is 62.3 cm³/mol. The molecule has 0 spiro atoms. The van der Waals surface area contributed by atoms with Gasteiger partial charge < -0.3 is 10.4 Å². The molecule has 1 aliphatic rings. The fourth-order valence-corrected chi connectivity index (χ4v) is 2.25. The second-order valence-corrected chi connectivity index (χ2v) is 4.43. The molecule has 3 nitrogen and oxygen atoms in total. The highest BCUT2D eigenvalue weighted by Gasteiger charge is 2.24. The van der Waals surface area contributed by atoms with Gasteiger partial charge in [-0.15, -0.1) is 0 Å². The average Bonchev–Trinajstić information content (AvgIpc) is 2.31. The van der Waals surface area contributed by atoms with E-state index in [9.17, 15) is 4.79 Å². The maximum atomic E-state index is 10.8. The average molecular weight is 219 g/mol. The van der Waals surface area contributed by atoms with Gasteiger partial charge in [0.25, 0.3) is 0 Å². The summed E-state index contributed by atoms with van der Waals surface area (Å²) in [6.45, 7) is 0.811. The fourth-order valence-electron chi connectivity index (χ4n) is 2.25. The van der Waals surface area contributed by atoms with Gasteiger partial charge in [0.1, 0.15) is 6.04 Å². The number of benzene rings is 1. The standard InChI is InChI=1S/C13H17NO2/c15-13(16)12-7-6-11(9-14-12)8-10-4-2-1-3-5-10/h1-5,11-12,14H,6-9H2,(H,15,16). The lowest BCUT2D eigenvalue weighted by atomic mass is 9.89. The van der Waals surface area contributed by atoms with Gasteiger partial charge in [0.05, 0.1) is 0 Å². The van der Waals surface area contributed by atoms with Crippen molar-refractivity contribution in [3.05, 3.63) is 35.9 Å². The Hall–Kier alpha value is -1.35. The van der Waals surface area contributed by atoms with E-state index in [4.69, 9.17) is 5.11 Å². The van der Waals surface area contributed by atoms with Gasteiger partial charge in [-0.1, -0.05) is 30.3 Å². The second-order valence-electron chi connectivity index (χ2n) is 4.43. The first-order chi connectivity index (χ1) is 7.75. The van der Waals surface area contributed by atoms with Crippen LogP contribution in [0.25, 0.3) is 0 Å². The highest BCUT2D eigenvalue weighted by Crippen LogP contribution is 2.19. The molecule has 2 rings (SSSR count). The monoisotopic (exact) mass is 219 g/mol. The summed E-state index contributed by atoms with van der Waals surface area (Å²) in [7, 11) is 0. The van der Waals surface area contributed by atoms with Crippen LogP contribution in [0.4, 0.5) is 0 Å². The molecule has 1 heterocycles. The first kappa shape index (κ1) is 11.1. The SMILES string of the molecule is O=C(O)C1CCC(Cc2ccccc2)CN1. The predicted octanol–water partition coefficient (Wildman–Crippen LogP) is 1.68. The highest BCUT2D eigenvalue weighted by molar-refractivity contribution is 5.73. The van der Waals surface area contributed by atoms with Crippen LogP contribution in [0.3, 0.4) is 0 Å². The quantitative estimate of drug-likeness (QED) is 0.813. The van der Waals surface area contributed by atoms with Crippen molar-refractivity contribution in [3.8, 4) is 0 Å². The topological polar surface area (TPSA) is 49.3 Å². The van der Waals surface area contributed by atoms with Crippen molar-refractivity contribution in [2.24, 2.45) is 5.92 Å². The van der Waals surface area contributed by atoms with E-state index in [1.54, 1.807) is 0 Å². The number of carbonyl (C=O) groups is 1. The van der Waals surface area contributed by atoms with E-state index in [-0.39, 0.29) is 6.04 Å². The maximum absolute atomic E-state index is 10.8. The fraction of sp³-hybridized carbons (Fsp3) is 0.462. The van der Waals surface area contributed by atoms with Gasteiger partial charge in [-0.3, -0.25) is 4.79 Å². The number of hydrogen-bond donors (Lipinski definition) is 2. The van der Waals surface area contributed by atoms with E-state index in [1.807, 2.05) is 18.2 Å². The van der Waals surface area contributed by atoms with Gasteiger partial charge in [0, 0.05) is 0 Å². The molecule has 1 saturated heterocycles. The van der Waals surface area contributed by atoms with Crippen molar-refractivity contribution in [3.63, 3.8) is 0 Å². The van der Waals surface area contributed by atoms with Gasteiger partial charge in [-0.05, 0) is 37.3 Å². The molecule has 1 aliphatic heterocycles. The molecule has 1 fully saturated rings. The van der Waals surface area contributed by atoms with E-state index in [0.29, 0.717) is 5.92 Å². The number of aliphatic carboxylic acids is 1. The van der Waals surface area contributed by atoms with Crippen LogP contribution in [0.2, 0.25) is 0 Å². The Morgan fingerprint density at radius 3 is 2.62 bits per heavy atom. The third-order valence-corrected chi connectivity index (χ3v) is 3.18. The van der Waals surface area contributed by atoms with E-state index < -0.39 is 5.97 Å². The first-order valence-electron chi connectivity index (χ1n) is 5.76. The zero-order valence-electron chi connectivity index (χ0n) is 9.23. The number of hydrogen-bond acceptors (Lipinski definition) is 2. The molecule has 86 valence electrons. The Kier molecular flexibility index (Phi) is 3.57. The smallest absolute Gasteiger partial charge is 0.320 e. The van der Waals surface area contributed by atoms with Crippen molar-refractivity contribution in [2.75, 3.05) is 6.54 Å². The summed E-state index contributed by atoms with van der Waals surface area (Å²) in [5.41, 5.74) is 1.34. The van der Waals surface area contributed by atoms with Crippen LogP contribution in [0, 0.1) is 5.92 Å². The molecular weight excluding hydrogens is 202 g/mol. The van der Waals surface area contributed by atoms with E-state index >= 15 is 0 Å². The molecule has 0 saturated carbocycles. The van der Waals surface area contributed by atoms with Crippen LogP contribution in [0.15, 0.2) is 30.3 Å². The lowest BCUT2D eigenvalue weighted by molar-refractivity contribution is -0.140. The van der Waals surface area contributed by atoms with Crippen LogP contribution >= 0.6 is 0 Å². The van der Waals surface area contributed by atoms with E-state index in [2.05, 4.69) is 17.4 Å². The van der Waals surface area contributed by atoms with Gasteiger partial charge in [-0.2, -0.15) is 0 Å². The molecule has 2 atom stereocenters. The zero-order valence-corrected chi connectivity index (χ0v) is 9.23. The van der Waals surface area contributed by atoms with Crippen LogP contribution in [-0.4, -0.2) is 23.7 Å². The minimum atomic E-state index is -0.724. The van der Waals surface area contributed by atoms with Crippen molar-refractivity contribution in [2.45, 2.75) is 25.3 Å². The van der Waals surface area contributed by atoms with Crippen molar-refractivity contribution in [1.29, 1.82) is 0 Å². The maximum Gasteiger partial charge on any atom is 0.320 e. The Morgan fingerprint density at radius 1 is 1.31 bits per heavy atom. The highest BCUT2D eigenvalue weighted by atomic mass is 16.4. The minimum Gasteiger partial charge on any atom is -0.480 e. The number of piperidine rings is 1. The Morgan fingerprint density at radius 2 is 2.06 bits per heavy atom. The normalized spacial score (nSPS) is 25.2. The van der Waals surface area contributed by atoms with Crippen LogP contribution in [0.5, 0.6) is 0 Å². The van der Waals surface area contributed by atoms with Crippen LogP contribution in [0.1, 0.15) is 18.4 Å². The van der Waals surface area contributed by atoms with Crippen molar-refractivity contribution in [1.82, 2.24) is 5.32 Å². The molecule has 2 unspecified atom stereocenters. The van der Waals surface area contributed by atoms with Crippen LogP contribution in [-0.2, 0) is 11.2 Å². The lowest BCUT2D eigenvalue weighted by Gasteiger charge is -2.27. The number of rotatable bonds is 3. The van der Waals surface area contributed by atoms with Gasteiger partial charge in [0.15, 0.2) is 0 Å². The lowest BCUT2D eigenvalue weighted by Crippen LogP contribution is -2.44. The first-order valence-corrected chi connectivity index (χ1v) is 5.76. The van der Waals surface area contributed by atoms with Crippen molar-refractivity contribution < 1.29 is 9.90 Å². The molecule has 0 bridgehead atoms. The van der Waals surface area contributed by atoms with E-state index in [0.717, 1.165) is 25.8 Å². The summed E-state index contributed by atoms with van der Waals surface area (Å²) in [5.74, 6) is -0.156. The summed E-state index contributed by atoms with van der Waals surface area (Å²) in [5, 5.41) is 11.9. The molecule has 0 radical (unpaired) electrons. The van der Waals surface area contributed by atoms with Gasteiger partial charge in [0.2, 0.25) is 0 Å². The summed E-state index contributed by atoms with van der Waals surface area (Å²) in [6, 6.07) is 10.0. The number of carboxylic acid groups (broad SMARTS) is 1. The largest absolute Gasteiger partial charge is 0.480 e. The van der Waals surface area contributed by atoms with Gasteiger partial charge >= 0.3 is 5.97 Å². The van der Waals surface area contributed by atoms with Gasteiger partial charge in [-0.25, -0.2) is 0 Å². The van der Waals surface area contributed by atoms with Crippen LogP contribution < -0.4 is 5.32 Å². The summed E-state index contributed by atoms with van der Waals surface area (Å²) < 4.78 is 0. The molecule has 0 aromatic heterocycles. The molecule has 16 heavy (non-hydrogen) atoms. The zero-order chi connectivity index (χ0) is 11.4. The molecule has 2 N–H and O–H groups in total. The second kappa shape index (κ2) is 5.12. The molecule has 0 amide bonds. The van der Waals surface area contributed by atoms with E-state index in [1.165, 1.54) is 5.56 Å². The minimum absolute atomic E-state index is 0.341. The number of nitrogens with one attached hydrogen (secondary N) is 1. The Balaban J connectivity index is 1.84. The Labute approximate surface area is 95.5 Å². The molecule has 1 aromatic carbocycles. The summed E-state index contributed by atoms with van der Waals surface area (Å²) in [6.07, 6.45) is 2.78. The van der Waals surface area contributed by atoms with Crippen molar-refractivity contribution >= 4 is 5.97 Å². The molecule has 1 aromatic rings.